The van der Waals surface area contributed by atoms with E-state index in [1.807, 2.05) is 6.92 Å². The third kappa shape index (κ3) is 3.37. The number of allylic oxidation sites excluding steroid dienone is 1. The molecule has 2 heteroatoms. The summed E-state index contributed by atoms with van der Waals surface area (Å²) in [6.45, 7) is 8.09. The molecule has 1 saturated carbocycles. The fourth-order valence-corrected chi connectivity index (χ4v) is 2.73. The van der Waals surface area contributed by atoms with E-state index in [0.29, 0.717) is 5.92 Å². The van der Waals surface area contributed by atoms with Crippen molar-refractivity contribution in [2.24, 2.45) is 17.8 Å². The van der Waals surface area contributed by atoms with Gasteiger partial charge in [0.25, 0.3) is 0 Å². The Labute approximate surface area is 92.4 Å². The molecule has 0 aromatic rings. The Kier molecular flexibility index (Phi) is 4.37. The van der Waals surface area contributed by atoms with Crippen molar-refractivity contribution in [3.63, 3.8) is 0 Å². The molecule has 0 aromatic heterocycles. The Hall–Kier alpha value is -0.790. The second-order valence-electron chi connectivity index (χ2n) is 4.95. The van der Waals surface area contributed by atoms with E-state index in [4.69, 9.17) is 5.11 Å². The monoisotopic (exact) mass is 210 g/mol. The van der Waals surface area contributed by atoms with Gasteiger partial charge in [-0.05, 0) is 44.4 Å². The largest absolute Gasteiger partial charge is 0.481 e. The first-order valence-electron chi connectivity index (χ1n) is 5.91. The maximum Gasteiger partial charge on any atom is 0.306 e. The summed E-state index contributed by atoms with van der Waals surface area (Å²) in [6, 6.07) is 0. The molecular formula is C13H22O2. The van der Waals surface area contributed by atoms with Gasteiger partial charge in [0.2, 0.25) is 0 Å². The second kappa shape index (κ2) is 5.34. The molecule has 15 heavy (non-hydrogen) atoms. The summed E-state index contributed by atoms with van der Waals surface area (Å²) in [5, 5.41) is 9.15. The maximum absolute atomic E-state index is 11.1. The number of carboxylic acids is 1. The minimum atomic E-state index is -0.615. The van der Waals surface area contributed by atoms with E-state index in [-0.39, 0.29) is 5.92 Å². The van der Waals surface area contributed by atoms with Crippen LogP contribution in [0.25, 0.3) is 0 Å². The molecule has 1 aliphatic rings. The number of aliphatic carboxylic acids is 1. The van der Waals surface area contributed by atoms with Crippen molar-refractivity contribution >= 4 is 5.97 Å². The number of hydrogen-bond donors (Lipinski definition) is 1. The van der Waals surface area contributed by atoms with Gasteiger partial charge in [-0.15, -0.1) is 6.58 Å². The Morgan fingerprint density at radius 2 is 2.13 bits per heavy atom. The van der Waals surface area contributed by atoms with Gasteiger partial charge in [0.1, 0.15) is 0 Å². The van der Waals surface area contributed by atoms with E-state index in [1.165, 1.54) is 6.42 Å². The van der Waals surface area contributed by atoms with Gasteiger partial charge in [-0.25, -0.2) is 0 Å². The summed E-state index contributed by atoms with van der Waals surface area (Å²) in [5.74, 6) is 0.295. The highest BCUT2D eigenvalue weighted by atomic mass is 16.4. The first kappa shape index (κ1) is 12.3. The number of rotatable bonds is 4. The van der Waals surface area contributed by atoms with E-state index in [0.717, 1.165) is 37.2 Å². The van der Waals surface area contributed by atoms with E-state index in [2.05, 4.69) is 13.5 Å². The van der Waals surface area contributed by atoms with Crippen LogP contribution in [0.5, 0.6) is 0 Å². The van der Waals surface area contributed by atoms with Crippen LogP contribution in [0.1, 0.15) is 46.0 Å². The molecule has 3 atom stereocenters. The summed E-state index contributed by atoms with van der Waals surface area (Å²) in [4.78, 5) is 11.1. The molecule has 0 bridgehead atoms. The highest BCUT2D eigenvalue weighted by Gasteiger charge is 2.33. The van der Waals surface area contributed by atoms with Crippen LogP contribution in [0.2, 0.25) is 0 Å². The maximum atomic E-state index is 11.1. The second-order valence-corrected chi connectivity index (χ2v) is 4.95. The fraction of sp³-hybridized carbons (Fsp3) is 0.769. The normalized spacial score (nSPS) is 31.2. The van der Waals surface area contributed by atoms with Crippen molar-refractivity contribution in [2.75, 3.05) is 0 Å². The zero-order valence-electron chi connectivity index (χ0n) is 9.83. The number of carbonyl (C=O) groups is 1. The summed E-state index contributed by atoms with van der Waals surface area (Å²) in [5.41, 5.74) is 1.11. The molecule has 0 amide bonds. The average Bonchev–Trinajstić information content (AvgIpc) is 2.16. The van der Waals surface area contributed by atoms with E-state index >= 15 is 0 Å². The van der Waals surface area contributed by atoms with Gasteiger partial charge in [0.15, 0.2) is 0 Å². The van der Waals surface area contributed by atoms with Crippen LogP contribution in [-0.2, 0) is 4.79 Å². The number of carboxylic acid groups (broad SMARTS) is 1. The van der Waals surface area contributed by atoms with Gasteiger partial charge < -0.3 is 5.11 Å². The van der Waals surface area contributed by atoms with Crippen molar-refractivity contribution < 1.29 is 9.90 Å². The molecule has 0 aromatic carbocycles. The summed E-state index contributed by atoms with van der Waals surface area (Å²) in [7, 11) is 0. The van der Waals surface area contributed by atoms with Gasteiger partial charge in [-0.3, -0.25) is 4.79 Å². The van der Waals surface area contributed by atoms with E-state index in [1.54, 1.807) is 0 Å². The average molecular weight is 210 g/mol. The molecule has 1 N–H and O–H groups in total. The predicted octanol–water partition coefficient (Wildman–Crippen LogP) is 3.48. The molecular weight excluding hydrogens is 188 g/mol. The van der Waals surface area contributed by atoms with Gasteiger partial charge >= 0.3 is 5.97 Å². The fourth-order valence-electron chi connectivity index (χ4n) is 2.73. The summed E-state index contributed by atoms with van der Waals surface area (Å²) in [6.07, 6.45) is 5.07. The van der Waals surface area contributed by atoms with Gasteiger partial charge in [-0.2, -0.15) is 0 Å². The van der Waals surface area contributed by atoms with Crippen LogP contribution in [0.3, 0.4) is 0 Å². The zero-order valence-corrected chi connectivity index (χ0v) is 9.83. The highest BCUT2D eigenvalue weighted by molar-refractivity contribution is 5.70. The van der Waals surface area contributed by atoms with Gasteiger partial charge in [-0.1, -0.05) is 18.9 Å². The van der Waals surface area contributed by atoms with E-state index < -0.39 is 5.97 Å². The lowest BCUT2D eigenvalue weighted by atomic mass is 9.71. The third-order valence-corrected chi connectivity index (χ3v) is 3.60. The molecule has 86 valence electrons. The number of hydrogen-bond acceptors (Lipinski definition) is 1. The van der Waals surface area contributed by atoms with Crippen LogP contribution in [0.4, 0.5) is 0 Å². The van der Waals surface area contributed by atoms with Crippen LogP contribution < -0.4 is 0 Å². The first-order chi connectivity index (χ1) is 7.04. The van der Waals surface area contributed by atoms with Crippen LogP contribution in [-0.4, -0.2) is 11.1 Å². The molecule has 0 aliphatic heterocycles. The lowest BCUT2D eigenvalue weighted by Gasteiger charge is -2.33. The molecule has 0 radical (unpaired) electrons. The molecule has 1 aliphatic carbocycles. The Balaban J connectivity index is 2.64. The Bertz CT molecular complexity index is 245. The molecule has 1 rings (SSSR count). The zero-order chi connectivity index (χ0) is 11.4. The van der Waals surface area contributed by atoms with Crippen molar-refractivity contribution in [1.29, 1.82) is 0 Å². The molecule has 3 unspecified atom stereocenters. The molecule has 2 nitrogen and oxygen atoms in total. The first-order valence-corrected chi connectivity index (χ1v) is 5.91. The smallest absolute Gasteiger partial charge is 0.306 e. The van der Waals surface area contributed by atoms with Crippen molar-refractivity contribution in [3.8, 4) is 0 Å². The lowest BCUT2D eigenvalue weighted by molar-refractivity contribution is -0.145. The minimum absolute atomic E-state index is 0.135. The van der Waals surface area contributed by atoms with Crippen molar-refractivity contribution in [3.05, 3.63) is 12.2 Å². The molecule has 0 spiro atoms. The topological polar surface area (TPSA) is 37.3 Å². The van der Waals surface area contributed by atoms with Gasteiger partial charge in [0.05, 0.1) is 5.92 Å². The quantitative estimate of drug-likeness (QED) is 0.721. The molecule has 0 heterocycles. The summed E-state index contributed by atoms with van der Waals surface area (Å²) >= 11 is 0. The van der Waals surface area contributed by atoms with Crippen molar-refractivity contribution in [1.82, 2.24) is 0 Å². The molecule has 1 fully saturated rings. The SMILES string of the molecule is C=C(C)CC1CC(CC)CCC1C(=O)O. The van der Waals surface area contributed by atoms with E-state index in [9.17, 15) is 4.79 Å². The van der Waals surface area contributed by atoms with Crippen LogP contribution >= 0.6 is 0 Å². The Morgan fingerprint density at radius 3 is 2.60 bits per heavy atom. The molecule has 0 saturated heterocycles. The highest BCUT2D eigenvalue weighted by Crippen LogP contribution is 2.38. The lowest BCUT2D eigenvalue weighted by Crippen LogP contribution is -2.30. The summed E-state index contributed by atoms with van der Waals surface area (Å²) < 4.78 is 0. The minimum Gasteiger partial charge on any atom is -0.481 e. The Morgan fingerprint density at radius 1 is 1.47 bits per heavy atom. The van der Waals surface area contributed by atoms with Crippen molar-refractivity contribution in [2.45, 2.75) is 46.0 Å². The van der Waals surface area contributed by atoms with Crippen LogP contribution in [0, 0.1) is 17.8 Å². The third-order valence-electron chi connectivity index (χ3n) is 3.60. The van der Waals surface area contributed by atoms with Crippen LogP contribution in [0.15, 0.2) is 12.2 Å². The predicted molar refractivity (Wildman–Crippen MR) is 61.7 cm³/mol. The van der Waals surface area contributed by atoms with Gasteiger partial charge in [0, 0.05) is 0 Å². The standard InChI is InChI=1S/C13H22O2/c1-4-10-5-6-12(13(14)15)11(8-10)7-9(2)3/h10-12H,2,4-8H2,1,3H3,(H,14,15).